The molecule has 0 saturated carbocycles. The van der Waals surface area contributed by atoms with Gasteiger partial charge in [-0.3, -0.25) is 10.2 Å². The molecule has 6 nitrogen and oxygen atoms in total. The quantitative estimate of drug-likeness (QED) is 0.359. The zero-order valence-corrected chi connectivity index (χ0v) is 17.3. The van der Waals surface area contributed by atoms with Crippen molar-refractivity contribution in [2.75, 3.05) is 0 Å². The van der Waals surface area contributed by atoms with Crippen molar-refractivity contribution in [3.63, 3.8) is 0 Å². The van der Waals surface area contributed by atoms with Gasteiger partial charge in [0.1, 0.15) is 0 Å². The lowest BCUT2D eigenvalue weighted by atomic mass is 9.77. The number of aromatic amines is 2. The van der Waals surface area contributed by atoms with E-state index in [0.717, 1.165) is 15.6 Å². The van der Waals surface area contributed by atoms with Crippen molar-refractivity contribution in [2.45, 2.75) is 13.8 Å². The van der Waals surface area contributed by atoms with Crippen LogP contribution in [0.4, 0.5) is 0 Å². The third-order valence-corrected chi connectivity index (χ3v) is 4.32. The second-order valence-electron chi connectivity index (χ2n) is 5.95. The van der Waals surface area contributed by atoms with E-state index in [-0.39, 0.29) is 0 Å². The number of hydrogen-bond acceptors (Lipinski definition) is 4. The predicted octanol–water partition coefficient (Wildman–Crippen LogP) is 3.23. The number of nitrogens with one attached hydrogen (secondary N) is 2. The van der Waals surface area contributed by atoms with Crippen molar-refractivity contribution in [1.29, 1.82) is 0 Å². The van der Waals surface area contributed by atoms with Crippen molar-refractivity contribution in [1.82, 2.24) is 20.4 Å². The third kappa shape index (κ3) is 6.81. The molecule has 28 heavy (non-hydrogen) atoms. The van der Waals surface area contributed by atoms with E-state index < -0.39 is 7.12 Å². The molecule has 0 aliphatic carbocycles. The van der Waals surface area contributed by atoms with Crippen LogP contribution in [0.25, 0.3) is 11.1 Å². The Bertz CT molecular complexity index is 945. The fourth-order valence-corrected chi connectivity index (χ4v) is 2.61. The van der Waals surface area contributed by atoms with E-state index in [4.69, 9.17) is 10.0 Å². The van der Waals surface area contributed by atoms with Crippen LogP contribution in [0.2, 0.25) is 0 Å². The van der Waals surface area contributed by atoms with Crippen LogP contribution in [0.3, 0.4) is 0 Å². The molecular formula is C20H22BBrN4O2. The summed E-state index contributed by atoms with van der Waals surface area (Å²) < 4.78 is 0.988. The Morgan fingerprint density at radius 1 is 0.821 bits per heavy atom. The summed E-state index contributed by atoms with van der Waals surface area (Å²) in [6.07, 6.45) is 7.20. The normalized spacial score (nSPS) is 9.61. The highest BCUT2D eigenvalue weighted by atomic mass is 79.9. The monoisotopic (exact) mass is 440 g/mol. The molecule has 0 fully saturated rings. The molecule has 0 aliphatic rings. The van der Waals surface area contributed by atoms with Crippen molar-refractivity contribution >= 4 is 28.5 Å². The average Bonchev–Trinajstić information content (AvgIpc) is 3.37. The van der Waals surface area contributed by atoms with Gasteiger partial charge in [0.2, 0.25) is 0 Å². The molecule has 0 aliphatic heterocycles. The van der Waals surface area contributed by atoms with Crippen molar-refractivity contribution in [3.8, 4) is 11.1 Å². The Morgan fingerprint density at radius 2 is 1.43 bits per heavy atom. The molecule has 0 spiro atoms. The first-order valence-electron chi connectivity index (χ1n) is 8.59. The first kappa shape index (κ1) is 21.6. The summed E-state index contributed by atoms with van der Waals surface area (Å²) in [7, 11) is -1.35. The zero-order chi connectivity index (χ0) is 20.4. The number of hydrogen-bond donors (Lipinski definition) is 4. The van der Waals surface area contributed by atoms with Crippen LogP contribution in [-0.2, 0) is 0 Å². The number of halogens is 1. The SMILES string of the molecule is Brc1cn[nH]c1.Cc1ccccc1-c1cn[nH]c1.Cc1ccccc1B(O)O. The lowest BCUT2D eigenvalue weighted by Gasteiger charge is -2.01. The Hall–Kier alpha value is -2.68. The molecule has 2 heterocycles. The first-order valence-corrected chi connectivity index (χ1v) is 9.39. The van der Waals surface area contributed by atoms with Crippen LogP contribution in [0.1, 0.15) is 11.1 Å². The Morgan fingerprint density at radius 3 is 1.86 bits per heavy atom. The maximum absolute atomic E-state index is 8.76. The van der Waals surface area contributed by atoms with Crippen molar-refractivity contribution in [2.24, 2.45) is 0 Å². The Labute approximate surface area is 172 Å². The van der Waals surface area contributed by atoms with Gasteiger partial charge in [0.25, 0.3) is 0 Å². The van der Waals surface area contributed by atoms with Gasteiger partial charge in [0.15, 0.2) is 0 Å². The molecule has 0 unspecified atom stereocenters. The molecule has 0 radical (unpaired) electrons. The van der Waals surface area contributed by atoms with Gasteiger partial charge in [-0.25, -0.2) is 0 Å². The molecule has 0 saturated heterocycles. The first-order chi connectivity index (χ1) is 13.5. The summed E-state index contributed by atoms with van der Waals surface area (Å²) >= 11 is 3.19. The second kappa shape index (κ2) is 11.2. The van der Waals surface area contributed by atoms with Gasteiger partial charge in [-0.2, -0.15) is 10.2 Å². The summed E-state index contributed by atoms with van der Waals surface area (Å²) in [4.78, 5) is 0. The number of rotatable bonds is 2. The van der Waals surface area contributed by atoms with Gasteiger partial charge in [0, 0.05) is 18.0 Å². The minimum Gasteiger partial charge on any atom is -0.423 e. The summed E-state index contributed by atoms with van der Waals surface area (Å²) in [5, 5.41) is 30.5. The summed E-state index contributed by atoms with van der Waals surface area (Å²) in [6, 6.07) is 15.5. The van der Waals surface area contributed by atoms with Crippen LogP contribution in [0.5, 0.6) is 0 Å². The molecule has 0 amide bonds. The molecule has 4 aromatic rings. The topological polar surface area (TPSA) is 97.8 Å². The molecule has 144 valence electrons. The number of nitrogens with zero attached hydrogens (tertiary/aromatic N) is 2. The highest BCUT2D eigenvalue weighted by Crippen LogP contribution is 2.20. The van der Waals surface area contributed by atoms with Crippen LogP contribution in [0, 0.1) is 13.8 Å². The third-order valence-electron chi connectivity index (χ3n) is 3.89. The van der Waals surface area contributed by atoms with E-state index in [2.05, 4.69) is 55.4 Å². The fraction of sp³-hybridized carbons (Fsp3) is 0.100. The maximum Gasteiger partial charge on any atom is 0.488 e. The van der Waals surface area contributed by atoms with Crippen LogP contribution in [0.15, 0.2) is 77.8 Å². The number of H-pyrrole nitrogens is 2. The smallest absolute Gasteiger partial charge is 0.423 e. The minimum atomic E-state index is -1.35. The van der Waals surface area contributed by atoms with Crippen LogP contribution in [-0.4, -0.2) is 37.6 Å². The van der Waals surface area contributed by atoms with Crippen molar-refractivity contribution in [3.05, 3.63) is 88.9 Å². The average molecular weight is 441 g/mol. The zero-order valence-electron chi connectivity index (χ0n) is 15.7. The van der Waals surface area contributed by atoms with E-state index in [9.17, 15) is 0 Å². The summed E-state index contributed by atoms with van der Waals surface area (Å²) in [6.45, 7) is 3.94. The maximum atomic E-state index is 8.76. The van der Waals surface area contributed by atoms with Crippen molar-refractivity contribution < 1.29 is 10.0 Å². The Kier molecular flexibility index (Phi) is 8.67. The number of benzene rings is 2. The highest BCUT2D eigenvalue weighted by molar-refractivity contribution is 9.10. The van der Waals surface area contributed by atoms with Gasteiger partial charge in [-0.05, 0) is 46.4 Å². The molecular weight excluding hydrogens is 419 g/mol. The minimum absolute atomic E-state index is 0.572. The molecule has 8 heteroatoms. The molecule has 4 rings (SSSR count). The lowest BCUT2D eigenvalue weighted by Crippen LogP contribution is -2.31. The van der Waals surface area contributed by atoms with E-state index >= 15 is 0 Å². The second-order valence-corrected chi connectivity index (χ2v) is 6.86. The standard InChI is InChI=1S/C10H10N2.C7H9BO2.C3H3BrN2/c1-8-4-2-3-5-10(8)9-6-11-12-7-9;1-6-4-2-3-5-7(6)8(9)10;4-3-1-5-6-2-3/h2-7H,1H3,(H,11,12);2-5,9-10H,1H3;1-2H,(H,5,6). The molecule has 2 aromatic heterocycles. The molecule has 0 bridgehead atoms. The largest absolute Gasteiger partial charge is 0.488 e. The molecule has 2 aromatic carbocycles. The van der Waals surface area contributed by atoms with Gasteiger partial charge in [0.05, 0.1) is 16.9 Å². The number of aryl methyl sites for hydroxylation is 2. The van der Waals surface area contributed by atoms with Gasteiger partial charge in [-0.15, -0.1) is 0 Å². The van der Waals surface area contributed by atoms with Crippen LogP contribution >= 0.6 is 15.9 Å². The predicted molar refractivity (Wildman–Crippen MR) is 116 cm³/mol. The Balaban J connectivity index is 0.000000159. The van der Waals surface area contributed by atoms with E-state index in [1.54, 1.807) is 24.5 Å². The van der Waals surface area contributed by atoms with E-state index in [0.29, 0.717) is 5.46 Å². The summed E-state index contributed by atoms with van der Waals surface area (Å²) in [5.41, 5.74) is 5.14. The molecule has 0 atom stereocenters. The van der Waals surface area contributed by atoms with Gasteiger partial charge < -0.3 is 10.0 Å². The highest BCUT2D eigenvalue weighted by Gasteiger charge is 2.11. The summed E-state index contributed by atoms with van der Waals surface area (Å²) in [5.74, 6) is 0. The van der Waals surface area contributed by atoms with E-state index in [1.165, 1.54) is 11.1 Å². The van der Waals surface area contributed by atoms with Crippen LogP contribution < -0.4 is 5.46 Å². The fourth-order valence-electron chi connectivity index (χ4n) is 2.41. The van der Waals surface area contributed by atoms with E-state index in [1.807, 2.05) is 43.6 Å². The van der Waals surface area contributed by atoms with Gasteiger partial charge in [-0.1, -0.05) is 54.1 Å². The molecule has 4 N–H and O–H groups in total. The van der Waals surface area contributed by atoms with Gasteiger partial charge >= 0.3 is 7.12 Å². The number of aromatic nitrogens is 4. The lowest BCUT2D eigenvalue weighted by molar-refractivity contribution is 0.425.